The normalized spacial score (nSPS) is 8.38. The van der Waals surface area contributed by atoms with Crippen molar-refractivity contribution in [2.75, 3.05) is 0 Å². The maximum absolute atomic E-state index is 8.67. The lowest BCUT2D eigenvalue weighted by Gasteiger charge is -1.96. The molecule has 0 unspecified atom stereocenters. The van der Waals surface area contributed by atoms with Crippen molar-refractivity contribution in [3.05, 3.63) is 17.7 Å². The average molecular weight is 171 g/mol. The zero-order chi connectivity index (χ0) is 9.68. The molecule has 0 aromatic carbocycles. The SMILES string of the molecule is N#CCCn1cnc(C#N)c1C#N. The van der Waals surface area contributed by atoms with Crippen LogP contribution >= 0.6 is 0 Å². The maximum Gasteiger partial charge on any atom is 0.176 e. The molecule has 1 heterocycles. The van der Waals surface area contributed by atoms with E-state index in [2.05, 4.69) is 4.98 Å². The van der Waals surface area contributed by atoms with Gasteiger partial charge in [0, 0.05) is 6.54 Å². The van der Waals surface area contributed by atoms with Crippen molar-refractivity contribution in [2.45, 2.75) is 13.0 Å². The van der Waals surface area contributed by atoms with E-state index in [-0.39, 0.29) is 11.4 Å². The smallest absolute Gasteiger partial charge is 0.176 e. The molecule has 1 aromatic heterocycles. The zero-order valence-corrected chi connectivity index (χ0v) is 6.73. The molecule has 5 heteroatoms. The number of aromatic nitrogens is 2. The minimum atomic E-state index is 0.112. The van der Waals surface area contributed by atoms with Crippen molar-refractivity contribution < 1.29 is 0 Å². The number of hydrogen-bond donors (Lipinski definition) is 0. The van der Waals surface area contributed by atoms with E-state index >= 15 is 0 Å². The predicted octanol–water partition coefficient (Wildman–Crippen LogP) is 0.540. The van der Waals surface area contributed by atoms with Gasteiger partial charge in [0.05, 0.1) is 18.8 Å². The summed E-state index contributed by atoms with van der Waals surface area (Å²) in [6, 6.07) is 5.63. The lowest BCUT2D eigenvalue weighted by Crippen LogP contribution is -1.98. The second-order valence-electron chi connectivity index (χ2n) is 2.27. The van der Waals surface area contributed by atoms with Crippen LogP contribution in [0.4, 0.5) is 0 Å². The number of aryl methyl sites for hydroxylation is 1. The highest BCUT2D eigenvalue weighted by Gasteiger charge is 2.08. The lowest BCUT2D eigenvalue weighted by molar-refractivity contribution is 0.706. The van der Waals surface area contributed by atoms with Crippen LogP contribution in [-0.2, 0) is 6.54 Å². The highest BCUT2D eigenvalue weighted by Crippen LogP contribution is 2.05. The summed E-state index contributed by atoms with van der Waals surface area (Å²) in [6.07, 6.45) is 1.70. The molecule has 0 saturated carbocycles. The van der Waals surface area contributed by atoms with E-state index in [0.29, 0.717) is 13.0 Å². The van der Waals surface area contributed by atoms with E-state index < -0.39 is 0 Å². The van der Waals surface area contributed by atoms with Gasteiger partial charge in [0.15, 0.2) is 11.4 Å². The van der Waals surface area contributed by atoms with Gasteiger partial charge in [0.1, 0.15) is 12.1 Å². The largest absolute Gasteiger partial charge is 0.320 e. The second kappa shape index (κ2) is 3.90. The standard InChI is InChI=1S/C8H5N5/c9-2-1-3-13-6-12-7(4-10)8(13)5-11/h6H,1,3H2. The molecule has 0 aliphatic rings. The van der Waals surface area contributed by atoms with Crippen LogP contribution < -0.4 is 0 Å². The van der Waals surface area contributed by atoms with Crippen molar-refractivity contribution in [3.63, 3.8) is 0 Å². The van der Waals surface area contributed by atoms with Crippen LogP contribution in [0.25, 0.3) is 0 Å². The van der Waals surface area contributed by atoms with Crippen LogP contribution in [0, 0.1) is 34.0 Å². The van der Waals surface area contributed by atoms with Gasteiger partial charge in [-0.3, -0.25) is 0 Å². The molecule has 1 aromatic rings. The molecule has 0 aliphatic carbocycles. The molecule has 0 fully saturated rings. The summed E-state index contributed by atoms with van der Waals surface area (Å²) in [6.45, 7) is 0.397. The van der Waals surface area contributed by atoms with E-state index in [9.17, 15) is 0 Å². The summed E-state index contributed by atoms with van der Waals surface area (Å²) in [4.78, 5) is 3.73. The zero-order valence-electron chi connectivity index (χ0n) is 6.73. The van der Waals surface area contributed by atoms with E-state index in [1.807, 2.05) is 12.1 Å². The molecule has 1 rings (SSSR count). The summed E-state index contributed by atoms with van der Waals surface area (Å²) < 4.78 is 1.50. The summed E-state index contributed by atoms with van der Waals surface area (Å²) in [5.41, 5.74) is 0.332. The molecule has 0 radical (unpaired) electrons. The predicted molar refractivity (Wildman–Crippen MR) is 41.9 cm³/mol. The van der Waals surface area contributed by atoms with Crippen LogP contribution in [0.5, 0.6) is 0 Å². The Bertz CT molecular complexity index is 423. The summed E-state index contributed by atoms with van der Waals surface area (Å²) in [5, 5.41) is 25.5. The van der Waals surface area contributed by atoms with Crippen molar-refractivity contribution >= 4 is 0 Å². The Morgan fingerprint density at radius 1 is 1.31 bits per heavy atom. The quantitative estimate of drug-likeness (QED) is 0.649. The van der Waals surface area contributed by atoms with Gasteiger partial charge in [-0.1, -0.05) is 0 Å². The molecule has 0 spiro atoms. The van der Waals surface area contributed by atoms with Gasteiger partial charge in [-0.25, -0.2) is 4.98 Å². The Kier molecular flexibility index (Phi) is 2.63. The van der Waals surface area contributed by atoms with E-state index in [0.717, 1.165) is 0 Å². The van der Waals surface area contributed by atoms with E-state index in [1.165, 1.54) is 10.9 Å². The first kappa shape index (κ1) is 8.77. The summed E-state index contributed by atoms with van der Waals surface area (Å²) >= 11 is 0. The maximum atomic E-state index is 8.67. The molecule has 5 nitrogen and oxygen atoms in total. The van der Waals surface area contributed by atoms with Gasteiger partial charge in [0.25, 0.3) is 0 Å². The highest BCUT2D eigenvalue weighted by molar-refractivity contribution is 5.35. The van der Waals surface area contributed by atoms with Gasteiger partial charge in [-0.05, 0) is 0 Å². The third-order valence-electron chi connectivity index (χ3n) is 1.51. The summed E-state index contributed by atoms with van der Waals surface area (Å²) in [7, 11) is 0. The Morgan fingerprint density at radius 2 is 2.08 bits per heavy atom. The molecule has 0 N–H and O–H groups in total. The topological polar surface area (TPSA) is 89.2 Å². The molecule has 13 heavy (non-hydrogen) atoms. The van der Waals surface area contributed by atoms with Crippen LogP contribution in [0.1, 0.15) is 17.8 Å². The first-order valence-electron chi connectivity index (χ1n) is 3.55. The molecule has 62 valence electrons. The summed E-state index contributed by atoms with van der Waals surface area (Å²) in [5.74, 6) is 0. The average Bonchev–Trinajstić information content (AvgIpc) is 2.56. The van der Waals surface area contributed by atoms with Crippen LogP contribution in [0.3, 0.4) is 0 Å². The number of nitrogens with zero attached hydrogens (tertiary/aromatic N) is 5. The van der Waals surface area contributed by atoms with Crippen molar-refractivity contribution in [1.82, 2.24) is 9.55 Å². The van der Waals surface area contributed by atoms with E-state index in [1.54, 1.807) is 6.07 Å². The fraction of sp³-hybridized carbons (Fsp3) is 0.250. The fourth-order valence-corrected chi connectivity index (χ4v) is 0.921. The molecular formula is C8H5N5. The van der Waals surface area contributed by atoms with Gasteiger partial charge >= 0.3 is 0 Å². The molecular weight excluding hydrogens is 166 g/mol. The Labute approximate surface area is 75.1 Å². The first-order valence-corrected chi connectivity index (χ1v) is 3.55. The van der Waals surface area contributed by atoms with Crippen LogP contribution in [0.2, 0.25) is 0 Å². The van der Waals surface area contributed by atoms with Gasteiger partial charge < -0.3 is 4.57 Å². The molecule has 0 bridgehead atoms. The Balaban J connectivity index is 2.99. The van der Waals surface area contributed by atoms with Crippen LogP contribution in [-0.4, -0.2) is 9.55 Å². The van der Waals surface area contributed by atoms with Crippen molar-refractivity contribution in [2.24, 2.45) is 0 Å². The van der Waals surface area contributed by atoms with Crippen LogP contribution in [0.15, 0.2) is 6.33 Å². The number of hydrogen-bond acceptors (Lipinski definition) is 4. The third kappa shape index (κ3) is 1.64. The monoisotopic (exact) mass is 171 g/mol. The molecule has 0 amide bonds. The lowest BCUT2D eigenvalue weighted by atomic mass is 10.3. The van der Waals surface area contributed by atoms with Gasteiger partial charge in [-0.2, -0.15) is 15.8 Å². The molecule has 0 saturated heterocycles. The number of nitriles is 3. The molecule has 0 aliphatic heterocycles. The first-order chi connectivity index (χ1) is 6.33. The van der Waals surface area contributed by atoms with Crippen molar-refractivity contribution in [1.29, 1.82) is 15.8 Å². The highest BCUT2D eigenvalue weighted by atomic mass is 15.1. The van der Waals surface area contributed by atoms with Gasteiger partial charge in [0.2, 0.25) is 0 Å². The number of rotatable bonds is 2. The van der Waals surface area contributed by atoms with Crippen molar-refractivity contribution in [3.8, 4) is 18.2 Å². The van der Waals surface area contributed by atoms with Gasteiger partial charge in [-0.15, -0.1) is 0 Å². The second-order valence-corrected chi connectivity index (χ2v) is 2.27. The third-order valence-corrected chi connectivity index (χ3v) is 1.51. The Hall–Kier alpha value is -2.32. The fourth-order valence-electron chi connectivity index (χ4n) is 0.921. The minimum absolute atomic E-state index is 0.112. The number of imidazole rings is 1. The molecule has 0 atom stereocenters. The Morgan fingerprint density at radius 3 is 2.62 bits per heavy atom. The minimum Gasteiger partial charge on any atom is -0.320 e. The van der Waals surface area contributed by atoms with E-state index in [4.69, 9.17) is 15.8 Å².